The Morgan fingerprint density at radius 2 is 1.83 bits per heavy atom. The van der Waals surface area contributed by atoms with Gasteiger partial charge < -0.3 is 40.7 Å². The van der Waals surface area contributed by atoms with Crippen molar-refractivity contribution in [2.24, 2.45) is 0 Å². The van der Waals surface area contributed by atoms with E-state index in [9.17, 15) is 24.1 Å². The molecule has 3 rings (SSSR count). The Morgan fingerprint density at radius 1 is 1.11 bits per heavy atom. The molecule has 3 aromatic rings. The summed E-state index contributed by atoms with van der Waals surface area (Å²) in [4.78, 5) is 8.29. The third-order valence-electron chi connectivity index (χ3n) is 4.94. The van der Waals surface area contributed by atoms with Crippen molar-refractivity contribution in [1.82, 2.24) is 9.97 Å². The zero-order valence-electron chi connectivity index (χ0n) is 18.1. The van der Waals surface area contributed by atoms with E-state index < -0.39 is 43.5 Å². The van der Waals surface area contributed by atoms with Crippen molar-refractivity contribution in [2.75, 3.05) is 25.6 Å². The fourth-order valence-corrected chi connectivity index (χ4v) is 3.56. The standard InChI is InChI=1S/C21H21BrClF2N3O6.H2O/c1-33-14-4-9-13(5-15(14)34-16(7-30)20(32)19(31)11(24)6-29)26-8-27-21(9)28-12-3-2-10(22)17(23)18(12)25;/h2-5,8,11,16,19-20,29-32H,6-7H2,1H3,(H,26,27,28);1H2/t11-,16-,19+,20+;/m1./s1. The molecule has 0 bridgehead atoms. The molecule has 0 spiro atoms. The van der Waals surface area contributed by atoms with Crippen LogP contribution in [0.25, 0.3) is 10.9 Å². The summed E-state index contributed by atoms with van der Waals surface area (Å²) in [7, 11) is 1.33. The van der Waals surface area contributed by atoms with Crippen LogP contribution in [0.1, 0.15) is 0 Å². The van der Waals surface area contributed by atoms with Crippen molar-refractivity contribution < 1.29 is 44.2 Å². The molecule has 0 aliphatic carbocycles. The lowest BCUT2D eigenvalue weighted by molar-refractivity contribution is -0.0981. The molecule has 10 nitrogen and oxygen atoms in total. The Kier molecular flexibility index (Phi) is 10.3. The van der Waals surface area contributed by atoms with Gasteiger partial charge in [-0.25, -0.2) is 18.7 Å². The monoisotopic (exact) mass is 581 g/mol. The van der Waals surface area contributed by atoms with Crippen LogP contribution in [0.4, 0.5) is 20.3 Å². The van der Waals surface area contributed by atoms with E-state index in [1.165, 1.54) is 31.6 Å². The normalized spacial score (nSPS) is 14.5. The van der Waals surface area contributed by atoms with Crippen molar-refractivity contribution >= 4 is 49.9 Å². The lowest BCUT2D eigenvalue weighted by Gasteiger charge is -2.28. The number of rotatable bonds is 10. The molecule has 0 aliphatic rings. The second-order valence-electron chi connectivity index (χ2n) is 7.11. The molecule has 1 aromatic heterocycles. The second kappa shape index (κ2) is 12.5. The van der Waals surface area contributed by atoms with Gasteiger partial charge >= 0.3 is 0 Å². The van der Waals surface area contributed by atoms with Crippen LogP contribution in [-0.2, 0) is 0 Å². The number of aliphatic hydroxyl groups excluding tert-OH is 4. The van der Waals surface area contributed by atoms with Gasteiger partial charge in [0.05, 0.1) is 36.6 Å². The number of halogens is 4. The molecule has 14 heteroatoms. The highest BCUT2D eigenvalue weighted by atomic mass is 79.9. The summed E-state index contributed by atoms with van der Waals surface area (Å²) < 4.78 is 39.4. The molecule has 1 heterocycles. The maximum Gasteiger partial charge on any atom is 0.166 e. The molecule has 2 aromatic carbocycles. The van der Waals surface area contributed by atoms with Crippen LogP contribution in [0.15, 0.2) is 35.1 Å². The number of ether oxygens (including phenoxy) is 2. The van der Waals surface area contributed by atoms with E-state index in [4.69, 9.17) is 26.2 Å². The molecule has 0 unspecified atom stereocenters. The third-order valence-corrected chi connectivity index (χ3v) is 6.20. The van der Waals surface area contributed by atoms with E-state index in [1.807, 2.05) is 0 Å². The molecule has 0 radical (unpaired) electrons. The average Bonchev–Trinajstić information content (AvgIpc) is 2.85. The zero-order chi connectivity index (χ0) is 25.0. The van der Waals surface area contributed by atoms with E-state index in [-0.39, 0.29) is 33.5 Å². The lowest BCUT2D eigenvalue weighted by atomic mass is 10.0. The Bertz CT molecular complexity index is 1160. The van der Waals surface area contributed by atoms with Crippen LogP contribution in [0.2, 0.25) is 5.02 Å². The summed E-state index contributed by atoms with van der Waals surface area (Å²) in [5.41, 5.74) is 0.386. The van der Waals surface area contributed by atoms with Gasteiger partial charge in [-0.05, 0) is 34.1 Å². The van der Waals surface area contributed by atoms with E-state index in [1.54, 1.807) is 6.07 Å². The highest BCUT2D eigenvalue weighted by molar-refractivity contribution is 9.10. The number of hydrogen-bond donors (Lipinski definition) is 5. The van der Waals surface area contributed by atoms with Gasteiger partial charge in [0.2, 0.25) is 0 Å². The minimum atomic E-state index is -2.14. The van der Waals surface area contributed by atoms with Crippen LogP contribution in [0.5, 0.6) is 11.5 Å². The molecular formula is C21H23BrClF2N3O7. The van der Waals surface area contributed by atoms with Crippen LogP contribution in [0.3, 0.4) is 0 Å². The molecule has 0 saturated carbocycles. The molecule has 0 saturated heterocycles. The van der Waals surface area contributed by atoms with Gasteiger partial charge in [-0.3, -0.25) is 0 Å². The first-order valence-corrected chi connectivity index (χ1v) is 11.0. The first kappa shape index (κ1) is 28.8. The average molecular weight is 583 g/mol. The first-order chi connectivity index (χ1) is 16.2. The van der Waals surface area contributed by atoms with Crippen LogP contribution in [0, 0.1) is 5.82 Å². The van der Waals surface area contributed by atoms with Crippen molar-refractivity contribution in [1.29, 1.82) is 0 Å². The SMILES string of the molecule is COc1cc2c(Nc3ccc(Br)c(Cl)c3F)ncnc2cc1O[C@H](CO)[C@H](O)[C@@H](O)[C@H](F)CO.O. The van der Waals surface area contributed by atoms with Crippen molar-refractivity contribution in [3.8, 4) is 11.5 Å². The molecule has 4 atom stereocenters. The molecule has 0 aliphatic heterocycles. The van der Waals surface area contributed by atoms with Gasteiger partial charge in [0.1, 0.15) is 24.4 Å². The zero-order valence-corrected chi connectivity index (χ0v) is 20.5. The third kappa shape index (κ3) is 6.25. The summed E-state index contributed by atoms with van der Waals surface area (Å²) in [6.45, 7) is -1.80. The number of aliphatic hydroxyl groups is 4. The summed E-state index contributed by atoms with van der Waals surface area (Å²) >= 11 is 9.10. The minimum Gasteiger partial charge on any atom is -0.493 e. The largest absolute Gasteiger partial charge is 0.493 e. The lowest BCUT2D eigenvalue weighted by Crippen LogP contribution is -2.48. The Morgan fingerprint density at radius 3 is 2.46 bits per heavy atom. The molecule has 0 amide bonds. The van der Waals surface area contributed by atoms with E-state index in [0.29, 0.717) is 15.4 Å². The molecule has 192 valence electrons. The number of aromatic nitrogens is 2. The van der Waals surface area contributed by atoms with Gasteiger partial charge in [0.15, 0.2) is 29.6 Å². The highest BCUT2D eigenvalue weighted by Crippen LogP contribution is 2.37. The smallest absolute Gasteiger partial charge is 0.166 e. The molecule has 7 N–H and O–H groups in total. The van der Waals surface area contributed by atoms with E-state index >= 15 is 0 Å². The Balaban J connectivity index is 0.00000432. The number of anilines is 2. The van der Waals surface area contributed by atoms with Crippen LogP contribution in [-0.4, -0.2) is 80.7 Å². The number of nitrogens with zero attached hydrogens (tertiary/aromatic N) is 2. The maximum absolute atomic E-state index is 14.5. The van der Waals surface area contributed by atoms with E-state index in [2.05, 4.69) is 31.2 Å². The second-order valence-corrected chi connectivity index (χ2v) is 8.34. The van der Waals surface area contributed by atoms with Crippen molar-refractivity contribution in [3.05, 3.63) is 45.9 Å². The fraction of sp³-hybridized carbons (Fsp3) is 0.333. The molecule has 0 fully saturated rings. The van der Waals surface area contributed by atoms with Gasteiger partial charge in [-0.15, -0.1) is 0 Å². The maximum atomic E-state index is 14.5. The number of hydrogen-bond acceptors (Lipinski definition) is 9. The number of benzene rings is 2. The summed E-state index contributed by atoms with van der Waals surface area (Å²) in [6.07, 6.45) is -6.24. The first-order valence-electron chi connectivity index (χ1n) is 9.83. The number of methoxy groups -OCH3 is 1. The minimum absolute atomic E-state index is 0. The number of nitrogens with one attached hydrogen (secondary N) is 1. The highest BCUT2D eigenvalue weighted by Gasteiger charge is 2.34. The van der Waals surface area contributed by atoms with Crippen molar-refractivity contribution in [2.45, 2.75) is 24.5 Å². The fourth-order valence-electron chi connectivity index (χ4n) is 3.09. The summed E-state index contributed by atoms with van der Waals surface area (Å²) in [5.74, 6) is -0.326. The Hall–Kier alpha value is -2.39. The van der Waals surface area contributed by atoms with Gasteiger partial charge in [-0.2, -0.15) is 0 Å². The van der Waals surface area contributed by atoms with Crippen LogP contribution >= 0.6 is 27.5 Å². The predicted molar refractivity (Wildman–Crippen MR) is 128 cm³/mol. The molecule has 35 heavy (non-hydrogen) atoms. The topological polar surface area (TPSA) is 169 Å². The molecular weight excluding hydrogens is 560 g/mol. The van der Waals surface area contributed by atoms with Gasteiger partial charge in [0.25, 0.3) is 0 Å². The summed E-state index contributed by atoms with van der Waals surface area (Å²) in [6, 6.07) is 5.93. The van der Waals surface area contributed by atoms with E-state index in [0.717, 1.165) is 0 Å². The predicted octanol–water partition coefficient (Wildman–Crippen LogP) is 1.90. The van der Waals surface area contributed by atoms with Crippen molar-refractivity contribution in [3.63, 3.8) is 0 Å². The quantitative estimate of drug-likeness (QED) is 0.224. The summed E-state index contributed by atoms with van der Waals surface area (Å²) in [5, 5.41) is 41.6. The number of alkyl halides is 1. The number of fused-ring (bicyclic) bond motifs is 1. The van der Waals surface area contributed by atoms with Crippen LogP contribution < -0.4 is 14.8 Å². The van der Waals surface area contributed by atoms with Gasteiger partial charge in [-0.1, -0.05) is 11.6 Å². The van der Waals surface area contributed by atoms with Gasteiger partial charge in [0, 0.05) is 15.9 Å². The Labute approximate surface area is 211 Å².